The highest BCUT2D eigenvalue weighted by atomic mass is 16.1. The molecule has 112 valence electrons. The van der Waals surface area contributed by atoms with E-state index in [1.54, 1.807) is 6.92 Å². The summed E-state index contributed by atoms with van der Waals surface area (Å²) in [6.45, 7) is 9.85. The monoisotopic (exact) mass is 280 g/mol. The number of amides is 1. The van der Waals surface area contributed by atoms with Crippen molar-refractivity contribution in [3.05, 3.63) is 27.4 Å². The molecule has 1 heterocycles. The molecule has 0 fully saturated rings. The molecule has 1 rings (SSSR count). The molecule has 1 aromatic heterocycles. The van der Waals surface area contributed by atoms with Gasteiger partial charge in [-0.05, 0) is 34.6 Å². The number of carbonyl (C=O) groups is 1. The summed E-state index contributed by atoms with van der Waals surface area (Å²) >= 11 is 0. The second-order valence-corrected chi connectivity index (χ2v) is 5.30. The zero-order valence-electron chi connectivity index (χ0n) is 12.8. The first-order valence-electron chi connectivity index (χ1n) is 6.91. The third kappa shape index (κ3) is 4.77. The van der Waals surface area contributed by atoms with Gasteiger partial charge in [-0.3, -0.25) is 9.59 Å². The standard InChI is InChI=1S/C14H24N4O2/c1-8(2)16-12(19)6-7-15-9(3)13-10(4)17-11(5)18-14(13)20/h8-9,15H,6-7H2,1-5H3,(H,16,19)(H,17,18,20). The van der Waals surface area contributed by atoms with Crippen molar-refractivity contribution in [3.63, 3.8) is 0 Å². The highest BCUT2D eigenvalue weighted by molar-refractivity contribution is 5.76. The van der Waals surface area contributed by atoms with Crippen molar-refractivity contribution in [2.24, 2.45) is 0 Å². The molecule has 3 N–H and O–H groups in total. The van der Waals surface area contributed by atoms with E-state index in [0.29, 0.717) is 24.4 Å². The predicted octanol–water partition coefficient (Wildman–Crippen LogP) is 0.952. The van der Waals surface area contributed by atoms with Crippen molar-refractivity contribution in [3.8, 4) is 0 Å². The van der Waals surface area contributed by atoms with Crippen LogP contribution in [0.5, 0.6) is 0 Å². The topological polar surface area (TPSA) is 86.9 Å². The Kier molecular flexibility index (Phi) is 5.88. The van der Waals surface area contributed by atoms with Gasteiger partial charge in [0.2, 0.25) is 5.91 Å². The first-order chi connectivity index (χ1) is 9.31. The van der Waals surface area contributed by atoms with Crippen molar-refractivity contribution in [1.82, 2.24) is 20.6 Å². The molecule has 0 aromatic carbocycles. The molecule has 6 nitrogen and oxygen atoms in total. The lowest BCUT2D eigenvalue weighted by molar-refractivity contribution is -0.121. The molecule has 0 aliphatic carbocycles. The smallest absolute Gasteiger partial charge is 0.255 e. The molecule has 0 bridgehead atoms. The Morgan fingerprint density at radius 3 is 2.50 bits per heavy atom. The summed E-state index contributed by atoms with van der Waals surface area (Å²) in [5.74, 6) is 0.618. The molecule has 0 spiro atoms. The minimum absolute atomic E-state index is 0.00682. The second kappa shape index (κ2) is 7.19. The van der Waals surface area contributed by atoms with E-state index in [2.05, 4.69) is 20.6 Å². The van der Waals surface area contributed by atoms with Crippen molar-refractivity contribution in [1.29, 1.82) is 0 Å². The van der Waals surface area contributed by atoms with Crippen LogP contribution in [0.25, 0.3) is 0 Å². The van der Waals surface area contributed by atoms with Crippen LogP contribution in [0.4, 0.5) is 0 Å². The molecule has 1 amide bonds. The largest absolute Gasteiger partial charge is 0.354 e. The average Bonchev–Trinajstić information content (AvgIpc) is 2.25. The van der Waals surface area contributed by atoms with Crippen LogP contribution < -0.4 is 16.2 Å². The lowest BCUT2D eigenvalue weighted by Crippen LogP contribution is -2.34. The number of hydrogen-bond acceptors (Lipinski definition) is 4. The highest BCUT2D eigenvalue weighted by Gasteiger charge is 2.14. The lowest BCUT2D eigenvalue weighted by atomic mass is 10.1. The zero-order chi connectivity index (χ0) is 15.3. The Labute approximate surface area is 119 Å². The predicted molar refractivity (Wildman–Crippen MR) is 78.6 cm³/mol. The summed E-state index contributed by atoms with van der Waals surface area (Å²) in [7, 11) is 0. The van der Waals surface area contributed by atoms with Gasteiger partial charge in [0.25, 0.3) is 5.56 Å². The zero-order valence-corrected chi connectivity index (χ0v) is 12.8. The van der Waals surface area contributed by atoms with Crippen LogP contribution >= 0.6 is 0 Å². The van der Waals surface area contributed by atoms with Crippen molar-refractivity contribution in [2.75, 3.05) is 6.54 Å². The van der Waals surface area contributed by atoms with Gasteiger partial charge in [-0.1, -0.05) is 0 Å². The third-order valence-corrected chi connectivity index (χ3v) is 2.95. The number of aryl methyl sites for hydroxylation is 2. The van der Waals surface area contributed by atoms with Crippen LogP contribution in [0.1, 0.15) is 50.3 Å². The average molecular weight is 280 g/mol. The molecular weight excluding hydrogens is 256 g/mol. The number of H-pyrrole nitrogens is 1. The van der Waals surface area contributed by atoms with Crippen molar-refractivity contribution in [2.45, 2.75) is 53.1 Å². The van der Waals surface area contributed by atoms with E-state index in [1.165, 1.54) is 0 Å². The Hall–Kier alpha value is -1.69. The maximum atomic E-state index is 11.9. The Bertz CT molecular complexity index is 522. The van der Waals surface area contributed by atoms with Crippen molar-refractivity contribution < 1.29 is 4.79 Å². The summed E-state index contributed by atoms with van der Waals surface area (Å²) in [6, 6.07) is 0.00464. The van der Waals surface area contributed by atoms with Gasteiger partial charge < -0.3 is 15.6 Å². The summed E-state index contributed by atoms with van der Waals surface area (Å²) in [6.07, 6.45) is 0.388. The maximum absolute atomic E-state index is 11.9. The van der Waals surface area contributed by atoms with Gasteiger partial charge in [0.15, 0.2) is 0 Å². The van der Waals surface area contributed by atoms with Gasteiger partial charge in [-0.25, -0.2) is 4.98 Å². The van der Waals surface area contributed by atoms with Crippen LogP contribution in [-0.4, -0.2) is 28.5 Å². The maximum Gasteiger partial charge on any atom is 0.255 e. The summed E-state index contributed by atoms with van der Waals surface area (Å²) < 4.78 is 0. The van der Waals surface area contributed by atoms with Gasteiger partial charge in [-0.15, -0.1) is 0 Å². The van der Waals surface area contributed by atoms with E-state index in [0.717, 1.165) is 5.69 Å². The highest BCUT2D eigenvalue weighted by Crippen LogP contribution is 2.10. The number of rotatable bonds is 6. The van der Waals surface area contributed by atoms with E-state index in [-0.39, 0.29) is 23.6 Å². The number of nitrogens with one attached hydrogen (secondary N) is 3. The number of hydrogen-bond donors (Lipinski definition) is 3. The van der Waals surface area contributed by atoms with E-state index in [4.69, 9.17) is 0 Å². The SMILES string of the molecule is Cc1nc(C)c(C(C)NCCC(=O)NC(C)C)c(=O)[nH]1. The van der Waals surface area contributed by atoms with E-state index < -0.39 is 0 Å². The fourth-order valence-corrected chi connectivity index (χ4v) is 2.14. The quantitative estimate of drug-likeness (QED) is 0.724. The van der Waals surface area contributed by atoms with E-state index in [9.17, 15) is 9.59 Å². The Balaban J connectivity index is 2.58. The summed E-state index contributed by atoms with van der Waals surface area (Å²) in [5.41, 5.74) is 1.22. The fraction of sp³-hybridized carbons (Fsp3) is 0.643. The van der Waals surface area contributed by atoms with Crippen LogP contribution in [-0.2, 0) is 4.79 Å². The number of aromatic amines is 1. The molecule has 0 aliphatic heterocycles. The molecule has 1 unspecified atom stereocenters. The number of carbonyl (C=O) groups excluding carboxylic acids is 1. The van der Waals surface area contributed by atoms with E-state index in [1.807, 2.05) is 27.7 Å². The van der Waals surface area contributed by atoms with Gasteiger partial charge >= 0.3 is 0 Å². The molecule has 6 heteroatoms. The Morgan fingerprint density at radius 2 is 1.95 bits per heavy atom. The van der Waals surface area contributed by atoms with Crippen LogP contribution in [0.15, 0.2) is 4.79 Å². The molecular formula is C14H24N4O2. The van der Waals surface area contributed by atoms with Gasteiger partial charge in [0.05, 0.1) is 5.56 Å². The fourth-order valence-electron chi connectivity index (χ4n) is 2.14. The van der Waals surface area contributed by atoms with Crippen LogP contribution in [0.3, 0.4) is 0 Å². The van der Waals surface area contributed by atoms with E-state index >= 15 is 0 Å². The number of aromatic nitrogens is 2. The molecule has 1 atom stereocenters. The van der Waals surface area contributed by atoms with Gasteiger partial charge in [0, 0.05) is 30.7 Å². The first-order valence-corrected chi connectivity index (χ1v) is 6.91. The van der Waals surface area contributed by atoms with Gasteiger partial charge in [-0.2, -0.15) is 0 Å². The third-order valence-electron chi connectivity index (χ3n) is 2.95. The van der Waals surface area contributed by atoms with Crippen LogP contribution in [0.2, 0.25) is 0 Å². The molecule has 0 radical (unpaired) electrons. The Morgan fingerprint density at radius 1 is 1.30 bits per heavy atom. The molecule has 0 aliphatic rings. The molecule has 0 saturated heterocycles. The minimum Gasteiger partial charge on any atom is -0.354 e. The lowest BCUT2D eigenvalue weighted by Gasteiger charge is -2.15. The second-order valence-electron chi connectivity index (χ2n) is 5.30. The van der Waals surface area contributed by atoms with Crippen LogP contribution in [0, 0.1) is 13.8 Å². The van der Waals surface area contributed by atoms with Gasteiger partial charge in [0.1, 0.15) is 5.82 Å². The van der Waals surface area contributed by atoms with Crippen molar-refractivity contribution >= 4 is 5.91 Å². The molecule has 1 aromatic rings. The minimum atomic E-state index is -0.140. The summed E-state index contributed by atoms with van der Waals surface area (Å²) in [4.78, 5) is 30.4. The number of nitrogens with zero attached hydrogens (tertiary/aromatic N) is 1. The normalized spacial score (nSPS) is 12.5. The summed E-state index contributed by atoms with van der Waals surface area (Å²) in [5, 5.41) is 6.01. The molecule has 0 saturated carbocycles. The molecule has 20 heavy (non-hydrogen) atoms. The first kappa shape index (κ1) is 16.4.